The molecule has 0 fully saturated rings. The lowest BCUT2D eigenvalue weighted by atomic mass is 10.0. The van der Waals surface area contributed by atoms with Gasteiger partial charge in [0.15, 0.2) is 6.23 Å². The highest BCUT2D eigenvalue weighted by atomic mass is 16.3. The van der Waals surface area contributed by atoms with Gasteiger partial charge in [0, 0.05) is 27.6 Å². The summed E-state index contributed by atoms with van der Waals surface area (Å²) in [5.41, 5.74) is 6.77. The van der Waals surface area contributed by atoms with Crippen LogP contribution < -0.4 is 4.90 Å². The smallest absolute Gasteiger partial charge is 0.261 e. The monoisotopic (exact) mass is 516 g/mol. The SMILES string of the molecule is N#Cc1ccc2c(c1)c1cc(C#N)ccc1n2-c1cccc2c1C(O)N(c1cccc(-c3ccccc3)c1)C2=O. The highest BCUT2D eigenvalue weighted by Crippen LogP contribution is 2.42. The number of anilines is 1. The molecule has 40 heavy (non-hydrogen) atoms. The maximum absolute atomic E-state index is 13.8. The standard InChI is InChI=1S/C34H20N4O2/c35-19-21-12-14-29-27(16-21)28-17-22(20-36)13-15-30(28)38(29)31-11-5-10-26-32(31)34(40)37(33(26)39)25-9-4-8-24(18-25)23-6-2-1-3-7-23/h1-18,34,40H. The van der Waals surface area contributed by atoms with Crippen molar-refractivity contribution in [1.82, 2.24) is 4.57 Å². The van der Waals surface area contributed by atoms with Gasteiger partial charge in [0.1, 0.15) is 0 Å². The van der Waals surface area contributed by atoms with E-state index in [4.69, 9.17) is 0 Å². The summed E-state index contributed by atoms with van der Waals surface area (Å²) in [5, 5.41) is 32.4. The van der Waals surface area contributed by atoms with E-state index in [9.17, 15) is 20.4 Å². The molecule has 6 nitrogen and oxygen atoms in total. The fraction of sp³-hybridized carbons (Fsp3) is 0.0294. The normalized spacial score (nSPS) is 14.3. The topological polar surface area (TPSA) is 93.0 Å². The van der Waals surface area contributed by atoms with Crippen molar-refractivity contribution < 1.29 is 9.90 Å². The lowest BCUT2D eigenvalue weighted by Gasteiger charge is -2.23. The summed E-state index contributed by atoms with van der Waals surface area (Å²) in [6, 6.07) is 38.1. The molecule has 0 bridgehead atoms. The molecule has 7 rings (SSSR count). The maximum atomic E-state index is 13.8. The molecular formula is C34H20N4O2. The van der Waals surface area contributed by atoms with Crippen molar-refractivity contribution >= 4 is 33.4 Å². The zero-order valence-corrected chi connectivity index (χ0v) is 21.1. The second kappa shape index (κ2) is 8.96. The van der Waals surface area contributed by atoms with Gasteiger partial charge in [0.2, 0.25) is 0 Å². The van der Waals surface area contributed by atoms with Gasteiger partial charge in [0.25, 0.3) is 5.91 Å². The van der Waals surface area contributed by atoms with Gasteiger partial charge >= 0.3 is 0 Å². The molecule has 6 aromatic rings. The summed E-state index contributed by atoms with van der Waals surface area (Å²) in [6.07, 6.45) is -1.21. The van der Waals surface area contributed by atoms with E-state index in [1.165, 1.54) is 4.90 Å². The fourth-order valence-electron chi connectivity index (χ4n) is 5.72. The minimum Gasteiger partial charge on any atom is -0.369 e. The van der Waals surface area contributed by atoms with Crippen molar-refractivity contribution in [2.45, 2.75) is 6.23 Å². The predicted molar refractivity (Wildman–Crippen MR) is 154 cm³/mol. The molecule has 1 aliphatic rings. The summed E-state index contributed by atoms with van der Waals surface area (Å²) < 4.78 is 1.99. The molecule has 0 saturated heterocycles. The van der Waals surface area contributed by atoms with Crippen LogP contribution in [0.5, 0.6) is 0 Å². The van der Waals surface area contributed by atoms with Crippen LogP contribution in [0.3, 0.4) is 0 Å². The van der Waals surface area contributed by atoms with Gasteiger partial charge in [-0.2, -0.15) is 10.5 Å². The number of fused-ring (bicyclic) bond motifs is 4. The van der Waals surface area contributed by atoms with Crippen LogP contribution in [-0.4, -0.2) is 15.6 Å². The Bertz CT molecular complexity index is 2010. The van der Waals surface area contributed by atoms with Crippen molar-refractivity contribution in [3.63, 3.8) is 0 Å². The minimum atomic E-state index is -1.21. The molecule has 188 valence electrons. The summed E-state index contributed by atoms with van der Waals surface area (Å²) in [4.78, 5) is 15.2. The third kappa shape index (κ3) is 3.41. The lowest BCUT2D eigenvalue weighted by Crippen LogP contribution is -2.27. The zero-order chi connectivity index (χ0) is 27.4. The van der Waals surface area contributed by atoms with E-state index in [2.05, 4.69) is 12.1 Å². The Kier molecular flexibility index (Phi) is 5.25. The Morgan fingerprint density at radius 3 is 1.95 bits per heavy atom. The molecule has 0 spiro atoms. The number of nitrogens with zero attached hydrogens (tertiary/aromatic N) is 4. The number of hydrogen-bond acceptors (Lipinski definition) is 4. The van der Waals surface area contributed by atoms with Gasteiger partial charge in [-0.1, -0.05) is 48.5 Å². The maximum Gasteiger partial charge on any atom is 0.261 e. The van der Waals surface area contributed by atoms with Crippen molar-refractivity contribution in [2.75, 3.05) is 4.90 Å². The summed E-state index contributed by atoms with van der Waals surface area (Å²) in [5.74, 6) is -0.283. The lowest BCUT2D eigenvalue weighted by molar-refractivity contribution is 0.0935. The average Bonchev–Trinajstić information content (AvgIpc) is 3.47. The molecule has 1 amide bonds. The molecule has 1 aromatic heterocycles. The summed E-state index contributed by atoms with van der Waals surface area (Å²) >= 11 is 0. The molecule has 1 N–H and O–H groups in total. The molecule has 6 heteroatoms. The Hall–Kier alpha value is -5.69. The summed E-state index contributed by atoms with van der Waals surface area (Å²) in [7, 11) is 0. The number of aliphatic hydroxyl groups is 1. The van der Waals surface area contributed by atoms with Gasteiger partial charge < -0.3 is 9.67 Å². The van der Waals surface area contributed by atoms with Crippen LogP contribution in [0.1, 0.15) is 33.3 Å². The van der Waals surface area contributed by atoms with Crippen LogP contribution in [-0.2, 0) is 0 Å². The molecular weight excluding hydrogens is 496 g/mol. The number of amides is 1. The first kappa shape index (κ1) is 23.4. The number of nitriles is 2. The molecule has 2 heterocycles. The molecule has 0 saturated carbocycles. The highest BCUT2D eigenvalue weighted by molar-refractivity contribution is 6.13. The van der Waals surface area contributed by atoms with Crippen LogP contribution in [0.15, 0.2) is 109 Å². The Balaban J connectivity index is 1.43. The molecule has 1 unspecified atom stereocenters. The van der Waals surface area contributed by atoms with Gasteiger partial charge in [-0.25, -0.2) is 0 Å². The van der Waals surface area contributed by atoms with E-state index in [-0.39, 0.29) is 5.91 Å². The van der Waals surface area contributed by atoms with E-state index in [0.29, 0.717) is 33.6 Å². The van der Waals surface area contributed by atoms with Crippen molar-refractivity contribution in [2.24, 2.45) is 0 Å². The Morgan fingerprint density at radius 1 is 0.675 bits per heavy atom. The van der Waals surface area contributed by atoms with Crippen LogP contribution >= 0.6 is 0 Å². The largest absolute Gasteiger partial charge is 0.369 e. The predicted octanol–water partition coefficient (Wildman–Crippen LogP) is 6.85. The number of rotatable bonds is 3. The van der Waals surface area contributed by atoms with E-state index in [1.807, 2.05) is 83.4 Å². The quantitative estimate of drug-likeness (QED) is 0.279. The van der Waals surface area contributed by atoms with Gasteiger partial charge in [-0.05, 0) is 71.8 Å². The first-order chi connectivity index (χ1) is 19.6. The first-order valence-electron chi connectivity index (χ1n) is 12.8. The number of carbonyl (C=O) groups excluding carboxylic acids is 1. The van der Waals surface area contributed by atoms with Crippen LogP contribution in [0, 0.1) is 22.7 Å². The van der Waals surface area contributed by atoms with E-state index in [0.717, 1.165) is 32.9 Å². The van der Waals surface area contributed by atoms with E-state index < -0.39 is 6.23 Å². The number of aromatic nitrogens is 1. The number of aliphatic hydroxyl groups excluding tert-OH is 1. The molecule has 5 aromatic carbocycles. The van der Waals surface area contributed by atoms with Gasteiger partial charge in [0.05, 0.1) is 40.0 Å². The van der Waals surface area contributed by atoms with Crippen molar-refractivity contribution in [3.8, 4) is 29.0 Å². The highest BCUT2D eigenvalue weighted by Gasteiger charge is 2.39. The fourth-order valence-corrected chi connectivity index (χ4v) is 5.72. The van der Waals surface area contributed by atoms with Gasteiger partial charge in [-0.15, -0.1) is 0 Å². The molecule has 0 aliphatic carbocycles. The van der Waals surface area contributed by atoms with Crippen molar-refractivity contribution in [1.29, 1.82) is 10.5 Å². The number of benzene rings is 5. The Labute approximate surface area is 229 Å². The summed E-state index contributed by atoms with van der Waals surface area (Å²) in [6.45, 7) is 0. The van der Waals surface area contributed by atoms with Crippen LogP contribution in [0.4, 0.5) is 5.69 Å². The first-order valence-corrected chi connectivity index (χ1v) is 12.8. The Morgan fingerprint density at radius 2 is 1.30 bits per heavy atom. The van der Waals surface area contributed by atoms with E-state index in [1.54, 1.807) is 30.3 Å². The second-order valence-corrected chi connectivity index (χ2v) is 9.73. The molecule has 1 atom stereocenters. The van der Waals surface area contributed by atoms with Crippen LogP contribution in [0.2, 0.25) is 0 Å². The van der Waals surface area contributed by atoms with Crippen molar-refractivity contribution in [3.05, 3.63) is 131 Å². The minimum absolute atomic E-state index is 0.283. The number of hydrogen-bond donors (Lipinski definition) is 1. The third-order valence-electron chi connectivity index (χ3n) is 7.53. The second-order valence-electron chi connectivity index (χ2n) is 9.73. The third-order valence-corrected chi connectivity index (χ3v) is 7.53. The average molecular weight is 517 g/mol. The van der Waals surface area contributed by atoms with Gasteiger partial charge in [-0.3, -0.25) is 9.69 Å². The van der Waals surface area contributed by atoms with E-state index >= 15 is 0 Å². The number of carbonyl (C=O) groups is 1. The molecule has 1 aliphatic heterocycles. The zero-order valence-electron chi connectivity index (χ0n) is 21.1. The molecule has 0 radical (unpaired) electrons. The van der Waals surface area contributed by atoms with Crippen LogP contribution in [0.25, 0.3) is 38.6 Å².